The maximum Gasteiger partial charge on any atom is 0.164 e. The van der Waals surface area contributed by atoms with E-state index in [1.54, 1.807) is 38.7 Å². The summed E-state index contributed by atoms with van der Waals surface area (Å²) in [5, 5.41) is 1.58. The second-order valence-corrected chi connectivity index (χ2v) is 6.45. The second kappa shape index (κ2) is 7.11. The molecule has 2 aromatic carbocycles. The fraction of sp³-hybridized carbons (Fsp3) is 0.167. The van der Waals surface area contributed by atoms with Crippen molar-refractivity contribution in [1.82, 2.24) is 4.98 Å². The molecular formula is C18H16ClNO3S. The van der Waals surface area contributed by atoms with E-state index in [4.69, 9.17) is 25.8 Å². The van der Waals surface area contributed by atoms with Crippen molar-refractivity contribution in [2.45, 2.75) is 0 Å². The van der Waals surface area contributed by atoms with Gasteiger partial charge in [-0.15, -0.1) is 11.3 Å². The third-order valence-corrected chi connectivity index (χ3v) is 4.74. The molecule has 4 nitrogen and oxygen atoms in total. The van der Waals surface area contributed by atoms with Crippen LogP contribution in [0.2, 0.25) is 5.02 Å². The number of hydrogen-bond acceptors (Lipinski definition) is 5. The summed E-state index contributed by atoms with van der Waals surface area (Å²) in [5.74, 6) is 1.98. The number of benzene rings is 2. The summed E-state index contributed by atoms with van der Waals surface area (Å²) in [6.45, 7) is 0. The molecule has 0 radical (unpaired) electrons. The van der Waals surface area contributed by atoms with Gasteiger partial charge in [-0.3, -0.25) is 0 Å². The zero-order chi connectivity index (χ0) is 17.1. The van der Waals surface area contributed by atoms with Gasteiger partial charge in [-0.05, 0) is 36.4 Å². The number of methoxy groups -OCH3 is 3. The number of hydrogen-bond donors (Lipinski definition) is 0. The number of nitrogens with zero attached hydrogens (tertiary/aromatic N) is 1. The van der Waals surface area contributed by atoms with Crippen LogP contribution in [0.15, 0.2) is 30.3 Å². The summed E-state index contributed by atoms with van der Waals surface area (Å²) in [4.78, 5) is 4.57. The molecule has 1 aromatic heterocycles. The zero-order valence-electron chi connectivity index (χ0n) is 13.5. The summed E-state index contributed by atoms with van der Waals surface area (Å²) >= 11 is 7.61. The van der Waals surface area contributed by atoms with Crippen LogP contribution in [0.1, 0.15) is 10.6 Å². The van der Waals surface area contributed by atoms with Gasteiger partial charge in [0.05, 0.1) is 31.5 Å². The Labute approximate surface area is 149 Å². The quantitative estimate of drug-likeness (QED) is 0.630. The van der Waals surface area contributed by atoms with E-state index in [1.807, 2.05) is 36.4 Å². The molecular weight excluding hydrogens is 346 g/mol. The predicted molar refractivity (Wildman–Crippen MR) is 99.7 cm³/mol. The number of fused-ring (bicyclic) bond motifs is 1. The maximum absolute atomic E-state index is 6.01. The second-order valence-electron chi connectivity index (χ2n) is 4.95. The molecule has 0 amide bonds. The Morgan fingerprint density at radius 3 is 2.33 bits per heavy atom. The molecule has 1 heterocycles. The molecule has 0 unspecified atom stereocenters. The van der Waals surface area contributed by atoms with Crippen LogP contribution in [0.4, 0.5) is 0 Å². The van der Waals surface area contributed by atoms with Crippen LogP contribution in [0, 0.1) is 0 Å². The lowest BCUT2D eigenvalue weighted by atomic mass is 10.1. The highest BCUT2D eigenvalue weighted by atomic mass is 35.5. The average molecular weight is 362 g/mol. The first-order chi connectivity index (χ1) is 11.6. The number of halogens is 1. The van der Waals surface area contributed by atoms with Crippen LogP contribution < -0.4 is 14.2 Å². The summed E-state index contributed by atoms with van der Waals surface area (Å²) in [5.41, 5.74) is 1.78. The van der Waals surface area contributed by atoms with Crippen LogP contribution in [-0.4, -0.2) is 26.3 Å². The van der Waals surface area contributed by atoms with E-state index < -0.39 is 0 Å². The third-order valence-electron chi connectivity index (χ3n) is 3.51. The molecule has 0 saturated carbocycles. The van der Waals surface area contributed by atoms with Gasteiger partial charge in [-0.1, -0.05) is 11.6 Å². The molecule has 24 heavy (non-hydrogen) atoms. The lowest BCUT2D eigenvalue weighted by molar-refractivity contribution is 0.348. The van der Waals surface area contributed by atoms with Gasteiger partial charge in [0.25, 0.3) is 0 Å². The standard InChI is InChI=1S/C18H16ClNO3S/c1-21-14-10-16(23-3)15(22-2)8-11(14)4-7-18-20-13-9-12(19)5-6-17(13)24-18/h4-10H,1-3H3/b7-4+. The van der Waals surface area contributed by atoms with E-state index in [0.29, 0.717) is 22.3 Å². The highest BCUT2D eigenvalue weighted by molar-refractivity contribution is 7.19. The van der Waals surface area contributed by atoms with Gasteiger partial charge in [-0.2, -0.15) is 0 Å². The van der Waals surface area contributed by atoms with Gasteiger partial charge in [-0.25, -0.2) is 4.98 Å². The molecule has 0 bridgehead atoms. The van der Waals surface area contributed by atoms with Gasteiger partial charge >= 0.3 is 0 Å². The third kappa shape index (κ3) is 3.32. The molecule has 3 aromatic rings. The zero-order valence-corrected chi connectivity index (χ0v) is 15.1. The summed E-state index contributed by atoms with van der Waals surface area (Å²) in [6.07, 6.45) is 3.89. The van der Waals surface area contributed by atoms with Crippen molar-refractivity contribution in [3.05, 3.63) is 45.9 Å². The van der Waals surface area contributed by atoms with Gasteiger partial charge < -0.3 is 14.2 Å². The predicted octanol–water partition coefficient (Wildman–Crippen LogP) is 5.15. The molecule has 0 spiro atoms. The Bertz CT molecular complexity index is 905. The molecule has 124 valence electrons. The van der Waals surface area contributed by atoms with Crippen molar-refractivity contribution in [3.8, 4) is 17.2 Å². The topological polar surface area (TPSA) is 40.6 Å². The van der Waals surface area contributed by atoms with Crippen molar-refractivity contribution < 1.29 is 14.2 Å². The fourth-order valence-electron chi connectivity index (χ4n) is 2.33. The highest BCUT2D eigenvalue weighted by Crippen LogP contribution is 2.36. The number of rotatable bonds is 5. The monoisotopic (exact) mass is 361 g/mol. The highest BCUT2D eigenvalue weighted by Gasteiger charge is 2.10. The molecule has 0 aliphatic rings. The Balaban J connectivity index is 1.97. The lowest BCUT2D eigenvalue weighted by Crippen LogP contribution is -1.94. The van der Waals surface area contributed by atoms with Gasteiger partial charge in [0.15, 0.2) is 11.5 Å². The number of thiazole rings is 1. The molecule has 0 saturated heterocycles. The first-order valence-corrected chi connectivity index (χ1v) is 8.38. The Morgan fingerprint density at radius 2 is 1.62 bits per heavy atom. The van der Waals surface area contributed by atoms with Crippen molar-refractivity contribution >= 4 is 45.3 Å². The van der Waals surface area contributed by atoms with E-state index in [9.17, 15) is 0 Å². The minimum atomic E-state index is 0.626. The minimum Gasteiger partial charge on any atom is -0.496 e. The summed E-state index contributed by atoms with van der Waals surface area (Å²) in [6, 6.07) is 9.38. The van der Waals surface area contributed by atoms with Crippen LogP contribution in [0.3, 0.4) is 0 Å². The molecule has 0 N–H and O–H groups in total. The molecule has 0 aliphatic carbocycles. The molecule has 0 fully saturated rings. The van der Waals surface area contributed by atoms with E-state index in [0.717, 1.165) is 20.8 Å². The average Bonchev–Trinajstić information content (AvgIpc) is 3.00. The molecule has 0 aliphatic heterocycles. The Hall–Kier alpha value is -2.24. The summed E-state index contributed by atoms with van der Waals surface area (Å²) in [7, 11) is 4.83. The molecule has 0 atom stereocenters. The Morgan fingerprint density at radius 1 is 0.917 bits per heavy atom. The van der Waals surface area contributed by atoms with E-state index >= 15 is 0 Å². The van der Waals surface area contributed by atoms with Crippen LogP contribution >= 0.6 is 22.9 Å². The molecule has 3 rings (SSSR count). The van der Waals surface area contributed by atoms with Crippen molar-refractivity contribution in [2.75, 3.05) is 21.3 Å². The summed E-state index contributed by atoms with van der Waals surface area (Å²) < 4.78 is 17.2. The van der Waals surface area contributed by atoms with E-state index in [-0.39, 0.29) is 0 Å². The van der Waals surface area contributed by atoms with E-state index in [2.05, 4.69) is 4.98 Å². The maximum atomic E-state index is 6.01. The van der Waals surface area contributed by atoms with Crippen LogP contribution in [-0.2, 0) is 0 Å². The van der Waals surface area contributed by atoms with E-state index in [1.165, 1.54) is 0 Å². The van der Waals surface area contributed by atoms with Crippen LogP contribution in [0.25, 0.3) is 22.4 Å². The van der Waals surface area contributed by atoms with Gasteiger partial charge in [0.1, 0.15) is 10.8 Å². The number of ether oxygens (including phenoxy) is 3. The largest absolute Gasteiger partial charge is 0.496 e. The first-order valence-electron chi connectivity index (χ1n) is 7.18. The fourth-order valence-corrected chi connectivity index (χ4v) is 3.35. The first kappa shape index (κ1) is 16.6. The number of aromatic nitrogens is 1. The van der Waals surface area contributed by atoms with Crippen molar-refractivity contribution in [2.24, 2.45) is 0 Å². The molecule has 6 heteroatoms. The smallest absolute Gasteiger partial charge is 0.164 e. The van der Waals surface area contributed by atoms with Crippen LogP contribution in [0.5, 0.6) is 17.2 Å². The van der Waals surface area contributed by atoms with Crippen molar-refractivity contribution in [3.63, 3.8) is 0 Å². The Kier molecular flexibility index (Phi) is 4.92. The van der Waals surface area contributed by atoms with Crippen molar-refractivity contribution in [1.29, 1.82) is 0 Å². The minimum absolute atomic E-state index is 0.626. The SMILES string of the molecule is COc1cc(OC)c(OC)cc1/C=C/c1nc2cc(Cl)ccc2s1. The lowest BCUT2D eigenvalue weighted by Gasteiger charge is -2.11. The van der Waals surface area contributed by atoms with Gasteiger partial charge in [0.2, 0.25) is 0 Å². The van der Waals surface area contributed by atoms with Gasteiger partial charge in [0, 0.05) is 16.7 Å². The normalized spacial score (nSPS) is 11.2.